The number of amides is 1. The summed E-state index contributed by atoms with van der Waals surface area (Å²) in [6.07, 6.45) is 4.58. The van der Waals surface area contributed by atoms with E-state index in [2.05, 4.69) is 40.7 Å². The van der Waals surface area contributed by atoms with Gasteiger partial charge < -0.3 is 14.4 Å². The van der Waals surface area contributed by atoms with Crippen LogP contribution in [0.1, 0.15) is 28.8 Å². The molecular formula is C18H23N3O. The molecule has 1 saturated heterocycles. The molecule has 1 fully saturated rings. The molecular weight excluding hydrogens is 274 g/mol. The second-order valence-electron chi connectivity index (χ2n) is 6.90. The summed E-state index contributed by atoms with van der Waals surface area (Å²) in [5.74, 6) is 0.854. The third-order valence-corrected chi connectivity index (χ3v) is 5.29. The molecule has 2 aliphatic rings. The Labute approximate surface area is 131 Å². The van der Waals surface area contributed by atoms with Gasteiger partial charge in [-0.25, -0.2) is 0 Å². The Kier molecular flexibility index (Phi) is 3.22. The molecule has 3 heterocycles. The first-order valence-electron chi connectivity index (χ1n) is 8.18. The Morgan fingerprint density at radius 1 is 1.18 bits per heavy atom. The van der Waals surface area contributed by atoms with Gasteiger partial charge in [0.1, 0.15) is 0 Å². The van der Waals surface area contributed by atoms with Crippen molar-refractivity contribution in [1.82, 2.24) is 14.4 Å². The van der Waals surface area contributed by atoms with Crippen molar-refractivity contribution >= 4 is 16.8 Å². The van der Waals surface area contributed by atoms with Crippen molar-refractivity contribution in [3.05, 3.63) is 35.5 Å². The molecule has 0 aliphatic carbocycles. The zero-order chi connectivity index (χ0) is 15.3. The number of carbonyl (C=O) groups is 1. The smallest absolute Gasteiger partial charge is 0.254 e. The first kappa shape index (κ1) is 13.8. The number of hydrogen-bond donors (Lipinski definition) is 0. The highest BCUT2D eigenvalue weighted by atomic mass is 16.2. The maximum Gasteiger partial charge on any atom is 0.254 e. The van der Waals surface area contributed by atoms with Crippen LogP contribution in [0.2, 0.25) is 0 Å². The van der Waals surface area contributed by atoms with Crippen LogP contribution in [0, 0.1) is 5.92 Å². The Morgan fingerprint density at radius 2 is 1.95 bits per heavy atom. The van der Waals surface area contributed by atoms with Crippen molar-refractivity contribution in [2.24, 2.45) is 13.0 Å². The van der Waals surface area contributed by atoms with E-state index >= 15 is 0 Å². The van der Waals surface area contributed by atoms with Crippen LogP contribution in [0.4, 0.5) is 0 Å². The first-order chi connectivity index (χ1) is 10.6. The second kappa shape index (κ2) is 5.13. The number of benzene rings is 1. The predicted molar refractivity (Wildman–Crippen MR) is 87.9 cm³/mol. The summed E-state index contributed by atoms with van der Waals surface area (Å²) in [7, 11) is 4.24. The fraction of sp³-hybridized carbons (Fsp3) is 0.500. The summed E-state index contributed by atoms with van der Waals surface area (Å²) >= 11 is 0. The molecule has 2 aliphatic heterocycles. The van der Waals surface area contributed by atoms with Gasteiger partial charge in [-0.3, -0.25) is 4.79 Å². The molecule has 1 aromatic heterocycles. The van der Waals surface area contributed by atoms with Gasteiger partial charge >= 0.3 is 0 Å². The van der Waals surface area contributed by atoms with Gasteiger partial charge in [0.05, 0.1) is 0 Å². The van der Waals surface area contributed by atoms with Crippen molar-refractivity contribution in [2.75, 3.05) is 26.7 Å². The van der Waals surface area contributed by atoms with Gasteiger partial charge in [0.2, 0.25) is 0 Å². The normalized spacial score (nSPS) is 20.1. The molecule has 0 unspecified atom stereocenters. The Balaban J connectivity index is 1.61. The van der Waals surface area contributed by atoms with E-state index in [-0.39, 0.29) is 5.91 Å². The molecule has 22 heavy (non-hydrogen) atoms. The summed E-state index contributed by atoms with van der Waals surface area (Å²) in [6, 6.07) is 6.08. The van der Waals surface area contributed by atoms with Crippen LogP contribution < -0.4 is 0 Å². The number of nitrogens with zero attached hydrogens (tertiary/aromatic N) is 3. The lowest BCUT2D eigenvalue weighted by Gasteiger charge is -2.34. The molecule has 0 N–H and O–H groups in total. The van der Waals surface area contributed by atoms with Crippen molar-refractivity contribution in [3.63, 3.8) is 0 Å². The number of carbonyl (C=O) groups excluding carboxylic acids is 1. The minimum Gasteiger partial charge on any atom is -0.350 e. The van der Waals surface area contributed by atoms with E-state index < -0.39 is 0 Å². The lowest BCUT2D eigenvalue weighted by atomic mass is 9.94. The molecule has 1 amide bonds. The molecule has 0 saturated carbocycles. The fourth-order valence-corrected chi connectivity index (χ4v) is 3.99. The van der Waals surface area contributed by atoms with Crippen LogP contribution in [0.5, 0.6) is 0 Å². The number of aryl methyl sites for hydroxylation is 1. The molecule has 0 atom stereocenters. The standard InChI is InChI=1S/C18H23N3O/c1-19-8-6-13(7-9-19)10-21-12-14-11-20(2)16-5-3-4-15(17(14)16)18(21)22/h3-5,11,13H,6-10,12H2,1-2H3. The van der Waals surface area contributed by atoms with Crippen molar-refractivity contribution in [2.45, 2.75) is 19.4 Å². The topological polar surface area (TPSA) is 28.5 Å². The average molecular weight is 297 g/mol. The Morgan fingerprint density at radius 3 is 2.73 bits per heavy atom. The van der Waals surface area contributed by atoms with Gasteiger partial charge in [-0.15, -0.1) is 0 Å². The molecule has 4 rings (SSSR count). The van der Waals surface area contributed by atoms with Crippen LogP contribution in [-0.4, -0.2) is 47.0 Å². The molecule has 0 bridgehead atoms. The molecule has 0 radical (unpaired) electrons. The quantitative estimate of drug-likeness (QED) is 0.852. The van der Waals surface area contributed by atoms with E-state index in [1.54, 1.807) is 0 Å². The molecule has 0 spiro atoms. The van der Waals surface area contributed by atoms with Crippen LogP contribution in [0.3, 0.4) is 0 Å². The molecule has 4 heteroatoms. The monoisotopic (exact) mass is 297 g/mol. The zero-order valence-electron chi connectivity index (χ0n) is 13.4. The Bertz CT molecular complexity index is 725. The van der Waals surface area contributed by atoms with Gasteiger partial charge in [0, 0.05) is 42.8 Å². The molecule has 116 valence electrons. The lowest BCUT2D eigenvalue weighted by Crippen LogP contribution is -2.40. The van der Waals surface area contributed by atoms with E-state index in [0.717, 1.165) is 37.1 Å². The minimum atomic E-state index is 0.211. The largest absolute Gasteiger partial charge is 0.350 e. The van der Waals surface area contributed by atoms with E-state index in [1.165, 1.54) is 23.9 Å². The summed E-state index contributed by atoms with van der Waals surface area (Å²) in [4.78, 5) is 17.3. The van der Waals surface area contributed by atoms with Crippen molar-refractivity contribution in [3.8, 4) is 0 Å². The number of rotatable bonds is 2. The second-order valence-corrected chi connectivity index (χ2v) is 6.90. The van der Waals surface area contributed by atoms with Gasteiger partial charge in [-0.1, -0.05) is 6.07 Å². The summed E-state index contributed by atoms with van der Waals surface area (Å²) in [6.45, 7) is 3.97. The van der Waals surface area contributed by atoms with Crippen LogP contribution in [0.15, 0.2) is 24.4 Å². The number of piperidine rings is 1. The predicted octanol–water partition coefficient (Wildman–Crippen LogP) is 2.48. The number of likely N-dealkylation sites (tertiary alicyclic amines) is 1. The molecule has 2 aromatic rings. The zero-order valence-corrected chi connectivity index (χ0v) is 13.4. The van der Waals surface area contributed by atoms with E-state index in [0.29, 0.717) is 5.92 Å². The Hall–Kier alpha value is -1.81. The molecule has 1 aromatic carbocycles. The van der Waals surface area contributed by atoms with E-state index in [4.69, 9.17) is 0 Å². The summed E-state index contributed by atoms with van der Waals surface area (Å²) < 4.78 is 2.14. The third kappa shape index (κ3) is 2.13. The number of hydrogen-bond acceptors (Lipinski definition) is 2. The first-order valence-corrected chi connectivity index (χ1v) is 8.18. The van der Waals surface area contributed by atoms with Gasteiger partial charge in [0.15, 0.2) is 0 Å². The van der Waals surface area contributed by atoms with Gasteiger partial charge in [-0.2, -0.15) is 0 Å². The maximum absolute atomic E-state index is 12.9. The highest BCUT2D eigenvalue weighted by Gasteiger charge is 2.29. The van der Waals surface area contributed by atoms with Crippen LogP contribution in [0.25, 0.3) is 10.9 Å². The SMILES string of the molecule is CN1CCC(CN2Cc3cn(C)c4cccc(c34)C2=O)CC1. The maximum atomic E-state index is 12.9. The summed E-state index contributed by atoms with van der Waals surface area (Å²) in [5, 5.41) is 1.16. The minimum absolute atomic E-state index is 0.211. The van der Waals surface area contributed by atoms with Crippen LogP contribution >= 0.6 is 0 Å². The fourth-order valence-electron chi connectivity index (χ4n) is 3.99. The van der Waals surface area contributed by atoms with Gasteiger partial charge in [0.25, 0.3) is 5.91 Å². The number of aromatic nitrogens is 1. The van der Waals surface area contributed by atoms with Crippen molar-refractivity contribution in [1.29, 1.82) is 0 Å². The third-order valence-electron chi connectivity index (χ3n) is 5.29. The highest BCUT2D eigenvalue weighted by molar-refractivity contribution is 6.09. The van der Waals surface area contributed by atoms with Crippen LogP contribution in [-0.2, 0) is 13.6 Å². The average Bonchev–Trinajstić information content (AvgIpc) is 2.84. The highest BCUT2D eigenvalue weighted by Crippen LogP contribution is 2.32. The van der Waals surface area contributed by atoms with Gasteiger partial charge in [-0.05, 0) is 56.6 Å². The van der Waals surface area contributed by atoms with E-state index in [1.807, 2.05) is 12.1 Å². The lowest BCUT2D eigenvalue weighted by molar-refractivity contribution is 0.0677. The van der Waals surface area contributed by atoms with E-state index in [9.17, 15) is 4.79 Å². The molecule has 4 nitrogen and oxygen atoms in total. The van der Waals surface area contributed by atoms with Crippen molar-refractivity contribution < 1.29 is 4.79 Å². The summed E-state index contributed by atoms with van der Waals surface area (Å²) in [5.41, 5.74) is 3.34.